The highest BCUT2D eigenvalue weighted by Crippen LogP contribution is 2.45. The lowest BCUT2D eigenvalue weighted by atomic mass is 10.0. The van der Waals surface area contributed by atoms with Gasteiger partial charge in [-0.1, -0.05) is 12.1 Å². The van der Waals surface area contributed by atoms with Crippen molar-refractivity contribution in [2.45, 2.75) is 18.9 Å². The summed E-state index contributed by atoms with van der Waals surface area (Å²) in [5.41, 5.74) is 1.81. The molecule has 0 N–H and O–H groups in total. The Morgan fingerprint density at radius 2 is 2.12 bits per heavy atom. The van der Waals surface area contributed by atoms with Crippen molar-refractivity contribution in [2.75, 3.05) is 24.7 Å². The Morgan fingerprint density at radius 1 is 1.29 bits per heavy atom. The number of fused-ring (bicyclic) bond motifs is 1. The number of rotatable bonds is 2. The molecule has 24 heavy (non-hydrogen) atoms. The molecule has 1 aromatic carbocycles. The van der Waals surface area contributed by atoms with E-state index in [0.29, 0.717) is 17.7 Å². The molecule has 2 aliphatic heterocycles. The maximum Gasteiger partial charge on any atom is 0.282 e. The molecule has 1 atom stereocenters. The number of aryl methyl sites for hydroxylation is 1. The van der Waals surface area contributed by atoms with E-state index in [1.807, 2.05) is 12.1 Å². The van der Waals surface area contributed by atoms with Gasteiger partial charge in [-0.3, -0.25) is 4.79 Å². The van der Waals surface area contributed by atoms with E-state index in [4.69, 9.17) is 9.47 Å². The first-order valence-electron chi connectivity index (χ1n) is 8.04. The van der Waals surface area contributed by atoms with Crippen LogP contribution in [0.5, 0.6) is 11.5 Å². The molecule has 0 saturated carbocycles. The van der Waals surface area contributed by atoms with Crippen LogP contribution in [0.15, 0.2) is 33.7 Å². The van der Waals surface area contributed by atoms with Gasteiger partial charge in [-0.2, -0.15) is 5.10 Å². The Labute approximate surface area is 148 Å². The van der Waals surface area contributed by atoms with Gasteiger partial charge in [0, 0.05) is 19.2 Å². The summed E-state index contributed by atoms with van der Waals surface area (Å²) < 4.78 is 13.5. The summed E-state index contributed by atoms with van der Waals surface area (Å²) in [5.74, 6) is 1.63. The minimum Gasteiger partial charge on any atom is -0.486 e. The monoisotopic (exact) mass is 391 g/mol. The van der Waals surface area contributed by atoms with E-state index in [9.17, 15) is 4.79 Å². The Hall–Kier alpha value is -2.02. The van der Waals surface area contributed by atoms with Crippen molar-refractivity contribution >= 4 is 21.6 Å². The quantitative estimate of drug-likeness (QED) is 0.787. The molecule has 0 bridgehead atoms. The van der Waals surface area contributed by atoms with E-state index < -0.39 is 0 Å². The van der Waals surface area contributed by atoms with Gasteiger partial charge in [0.25, 0.3) is 5.56 Å². The van der Waals surface area contributed by atoms with Gasteiger partial charge in [-0.15, -0.1) is 0 Å². The van der Waals surface area contributed by atoms with Gasteiger partial charge in [-0.25, -0.2) is 4.68 Å². The van der Waals surface area contributed by atoms with Gasteiger partial charge in [0.15, 0.2) is 11.5 Å². The second kappa shape index (κ2) is 6.12. The van der Waals surface area contributed by atoms with Crippen LogP contribution in [0, 0.1) is 0 Å². The van der Waals surface area contributed by atoms with Crippen LogP contribution in [0.1, 0.15) is 24.4 Å². The summed E-state index contributed by atoms with van der Waals surface area (Å²) in [4.78, 5) is 14.4. The summed E-state index contributed by atoms with van der Waals surface area (Å²) in [6.07, 6.45) is 3.80. The number of para-hydroxylation sites is 1. The number of aromatic nitrogens is 2. The lowest BCUT2D eigenvalue weighted by Gasteiger charge is -2.30. The van der Waals surface area contributed by atoms with E-state index in [1.165, 1.54) is 4.68 Å². The van der Waals surface area contributed by atoms with Gasteiger partial charge in [0.1, 0.15) is 17.7 Å². The third-order valence-electron chi connectivity index (χ3n) is 4.58. The lowest BCUT2D eigenvalue weighted by molar-refractivity contribution is 0.169. The molecule has 7 heteroatoms. The molecule has 0 amide bonds. The molecule has 1 aromatic heterocycles. The third-order valence-corrected chi connectivity index (χ3v) is 5.32. The average molecular weight is 392 g/mol. The van der Waals surface area contributed by atoms with Gasteiger partial charge in [0.05, 0.1) is 17.9 Å². The van der Waals surface area contributed by atoms with E-state index in [0.717, 1.165) is 42.1 Å². The van der Waals surface area contributed by atoms with Crippen molar-refractivity contribution < 1.29 is 9.47 Å². The maximum absolute atomic E-state index is 12.2. The number of ether oxygens (including phenoxy) is 2. The van der Waals surface area contributed by atoms with Crippen molar-refractivity contribution in [1.82, 2.24) is 9.78 Å². The Morgan fingerprint density at radius 3 is 3.00 bits per heavy atom. The lowest BCUT2D eigenvalue weighted by Crippen LogP contribution is -2.29. The van der Waals surface area contributed by atoms with Crippen LogP contribution in [0.2, 0.25) is 0 Å². The normalized spacial score (nSPS) is 19.6. The smallest absolute Gasteiger partial charge is 0.282 e. The molecule has 126 valence electrons. The minimum atomic E-state index is -0.132. The number of hydrogen-bond acceptors (Lipinski definition) is 5. The van der Waals surface area contributed by atoms with Crippen molar-refractivity contribution in [2.24, 2.45) is 7.05 Å². The number of nitrogens with zero attached hydrogens (tertiary/aromatic N) is 3. The first kappa shape index (κ1) is 15.5. The highest BCUT2D eigenvalue weighted by atomic mass is 79.9. The SMILES string of the molecule is Cn1ncc(N2CCCC2c2cccc3c2OCCO3)c(Br)c1=O. The number of hydrogen-bond donors (Lipinski definition) is 0. The minimum absolute atomic E-state index is 0.132. The van der Waals surface area contributed by atoms with Crippen molar-refractivity contribution in [1.29, 1.82) is 0 Å². The third kappa shape index (κ3) is 2.47. The molecule has 1 saturated heterocycles. The molecule has 1 fully saturated rings. The number of benzene rings is 1. The van der Waals surface area contributed by atoms with E-state index >= 15 is 0 Å². The molecular formula is C17H18BrN3O3. The molecule has 2 aromatic rings. The topological polar surface area (TPSA) is 56.6 Å². The van der Waals surface area contributed by atoms with Crippen molar-refractivity contribution in [3.05, 3.63) is 44.8 Å². The molecular weight excluding hydrogens is 374 g/mol. The molecule has 2 aliphatic rings. The summed E-state index contributed by atoms with van der Waals surface area (Å²) in [6.45, 7) is 2.02. The predicted octanol–water partition coefficient (Wildman–Crippen LogP) is 2.66. The Bertz CT molecular complexity index is 836. The van der Waals surface area contributed by atoms with Crippen LogP contribution in [0.25, 0.3) is 0 Å². The summed E-state index contributed by atoms with van der Waals surface area (Å²) in [5, 5.41) is 4.18. The molecule has 3 heterocycles. The molecule has 0 aliphatic carbocycles. The predicted molar refractivity (Wildman–Crippen MR) is 93.9 cm³/mol. The number of anilines is 1. The van der Waals surface area contributed by atoms with Gasteiger partial charge in [-0.05, 0) is 34.8 Å². The zero-order chi connectivity index (χ0) is 16.7. The fourth-order valence-corrected chi connectivity index (χ4v) is 4.03. The fraction of sp³-hybridized carbons (Fsp3) is 0.412. The van der Waals surface area contributed by atoms with E-state index in [1.54, 1.807) is 13.2 Å². The zero-order valence-corrected chi connectivity index (χ0v) is 15.0. The average Bonchev–Trinajstić information content (AvgIpc) is 3.08. The van der Waals surface area contributed by atoms with Crippen molar-refractivity contribution in [3.63, 3.8) is 0 Å². The standard InChI is InChI=1S/C17H18BrN3O3/c1-20-17(22)15(18)13(10-19-20)21-7-3-5-12(21)11-4-2-6-14-16(11)24-9-8-23-14/h2,4,6,10,12H,3,5,7-9H2,1H3. The maximum atomic E-state index is 12.2. The highest BCUT2D eigenvalue weighted by Gasteiger charge is 2.32. The Kier molecular flexibility index (Phi) is 3.96. The van der Waals surface area contributed by atoms with Crippen LogP contribution < -0.4 is 19.9 Å². The first-order chi connectivity index (χ1) is 11.7. The highest BCUT2D eigenvalue weighted by molar-refractivity contribution is 9.10. The summed E-state index contributed by atoms with van der Waals surface area (Å²) >= 11 is 3.45. The van der Waals surface area contributed by atoms with Crippen LogP contribution in [-0.2, 0) is 7.05 Å². The molecule has 0 radical (unpaired) electrons. The van der Waals surface area contributed by atoms with Gasteiger partial charge in [0.2, 0.25) is 0 Å². The van der Waals surface area contributed by atoms with Crippen LogP contribution >= 0.6 is 15.9 Å². The molecule has 0 spiro atoms. The zero-order valence-electron chi connectivity index (χ0n) is 13.4. The van der Waals surface area contributed by atoms with Crippen LogP contribution in [0.3, 0.4) is 0 Å². The second-order valence-electron chi connectivity index (χ2n) is 6.00. The van der Waals surface area contributed by atoms with Crippen LogP contribution in [-0.4, -0.2) is 29.5 Å². The second-order valence-corrected chi connectivity index (χ2v) is 6.79. The van der Waals surface area contributed by atoms with E-state index in [-0.39, 0.29) is 11.6 Å². The van der Waals surface area contributed by atoms with Crippen molar-refractivity contribution in [3.8, 4) is 11.5 Å². The number of halogens is 1. The fourth-order valence-electron chi connectivity index (χ4n) is 3.44. The molecule has 1 unspecified atom stereocenters. The molecule has 4 rings (SSSR count). The Balaban J connectivity index is 1.77. The first-order valence-corrected chi connectivity index (χ1v) is 8.83. The summed E-state index contributed by atoms with van der Waals surface area (Å²) in [7, 11) is 1.65. The van der Waals surface area contributed by atoms with Gasteiger partial charge >= 0.3 is 0 Å². The van der Waals surface area contributed by atoms with Crippen LogP contribution in [0.4, 0.5) is 5.69 Å². The van der Waals surface area contributed by atoms with E-state index in [2.05, 4.69) is 32.0 Å². The largest absolute Gasteiger partial charge is 0.486 e. The summed E-state index contributed by atoms with van der Waals surface area (Å²) in [6, 6.07) is 6.16. The molecule has 6 nitrogen and oxygen atoms in total. The van der Waals surface area contributed by atoms with Gasteiger partial charge < -0.3 is 14.4 Å².